The van der Waals surface area contributed by atoms with Crippen LogP contribution in [0.3, 0.4) is 0 Å². The van der Waals surface area contributed by atoms with Crippen molar-refractivity contribution in [2.24, 2.45) is 5.92 Å². The van der Waals surface area contributed by atoms with Crippen LogP contribution in [0.15, 0.2) is 0 Å². The summed E-state index contributed by atoms with van der Waals surface area (Å²) in [7, 11) is 0. The zero-order valence-electron chi connectivity index (χ0n) is 9.81. The number of unbranched alkanes of at least 4 members (excludes halogenated alkanes) is 2. The summed E-state index contributed by atoms with van der Waals surface area (Å²) in [6.07, 6.45) is 2.62. The number of carboxylic acids is 2. The topological polar surface area (TPSA) is 74.6 Å². The maximum Gasteiger partial charge on any atom is 0.316 e. The van der Waals surface area contributed by atoms with Crippen LogP contribution in [0.25, 0.3) is 0 Å². The maximum atomic E-state index is 10.9. The largest absolute Gasteiger partial charge is 0.481 e. The number of rotatable bonds is 9. The molecule has 0 heterocycles. The Labute approximate surface area is 100 Å². The van der Waals surface area contributed by atoms with Crippen LogP contribution in [0, 0.1) is 5.92 Å². The summed E-state index contributed by atoms with van der Waals surface area (Å²) in [5.74, 6) is -0.611. The van der Waals surface area contributed by atoms with E-state index in [1.807, 2.05) is 13.8 Å². The van der Waals surface area contributed by atoms with Crippen molar-refractivity contribution in [1.82, 2.24) is 0 Å². The predicted octanol–water partition coefficient (Wildman–Crippen LogP) is 2.47. The van der Waals surface area contributed by atoms with E-state index in [1.165, 1.54) is 11.8 Å². The second kappa shape index (κ2) is 8.44. The zero-order valence-corrected chi connectivity index (χ0v) is 10.6. The summed E-state index contributed by atoms with van der Waals surface area (Å²) in [6, 6.07) is 0. The van der Waals surface area contributed by atoms with Crippen molar-refractivity contribution in [3.63, 3.8) is 0 Å². The van der Waals surface area contributed by atoms with Crippen LogP contribution in [0.2, 0.25) is 0 Å². The highest BCUT2D eigenvalue weighted by atomic mass is 32.2. The fourth-order valence-electron chi connectivity index (χ4n) is 1.31. The summed E-state index contributed by atoms with van der Waals surface area (Å²) in [5.41, 5.74) is 0. The van der Waals surface area contributed by atoms with E-state index in [1.54, 1.807) is 0 Å². The lowest BCUT2D eigenvalue weighted by atomic mass is 10.1. The van der Waals surface area contributed by atoms with Gasteiger partial charge in [-0.25, -0.2) is 0 Å². The Bertz CT molecular complexity index is 228. The molecule has 4 nitrogen and oxygen atoms in total. The van der Waals surface area contributed by atoms with Crippen molar-refractivity contribution in [3.05, 3.63) is 0 Å². The van der Waals surface area contributed by atoms with Crippen molar-refractivity contribution >= 4 is 23.7 Å². The molecule has 0 aromatic carbocycles. The van der Waals surface area contributed by atoms with Crippen LogP contribution < -0.4 is 0 Å². The Kier molecular flexibility index (Phi) is 8.07. The first-order valence-electron chi connectivity index (χ1n) is 5.51. The standard InChI is InChI=1S/C11H20O4S/c1-8(2)10(11(14)15)16-7-5-3-4-6-9(12)13/h8,10H,3-7H2,1-2H3,(H,12,13)(H,14,15). The number of hydrogen-bond donors (Lipinski definition) is 2. The van der Waals surface area contributed by atoms with Crippen LogP contribution in [-0.4, -0.2) is 33.2 Å². The molecule has 0 aliphatic heterocycles. The molecule has 0 radical (unpaired) electrons. The highest BCUT2D eigenvalue weighted by Crippen LogP contribution is 2.21. The summed E-state index contributed by atoms with van der Waals surface area (Å²) >= 11 is 1.45. The van der Waals surface area contributed by atoms with Gasteiger partial charge < -0.3 is 10.2 Å². The van der Waals surface area contributed by atoms with E-state index in [-0.39, 0.29) is 17.6 Å². The molecule has 1 unspecified atom stereocenters. The van der Waals surface area contributed by atoms with Crippen molar-refractivity contribution < 1.29 is 19.8 Å². The third-order valence-corrected chi connectivity index (χ3v) is 3.81. The molecule has 0 aromatic heterocycles. The lowest BCUT2D eigenvalue weighted by molar-refractivity contribution is -0.138. The molecule has 0 aliphatic rings. The lowest BCUT2D eigenvalue weighted by Crippen LogP contribution is -2.22. The monoisotopic (exact) mass is 248 g/mol. The first kappa shape index (κ1) is 15.3. The molecule has 0 fully saturated rings. The van der Waals surface area contributed by atoms with E-state index in [9.17, 15) is 9.59 Å². The minimum Gasteiger partial charge on any atom is -0.481 e. The van der Waals surface area contributed by atoms with Crippen LogP contribution in [0.4, 0.5) is 0 Å². The molecule has 0 spiro atoms. The highest BCUT2D eigenvalue weighted by molar-refractivity contribution is 8.00. The van der Waals surface area contributed by atoms with E-state index < -0.39 is 11.9 Å². The van der Waals surface area contributed by atoms with E-state index in [2.05, 4.69) is 0 Å². The quantitative estimate of drug-likeness (QED) is 0.613. The molecule has 0 saturated heterocycles. The average Bonchev–Trinajstić information content (AvgIpc) is 2.14. The Morgan fingerprint density at radius 1 is 1.12 bits per heavy atom. The lowest BCUT2D eigenvalue weighted by Gasteiger charge is -2.15. The third kappa shape index (κ3) is 7.56. The van der Waals surface area contributed by atoms with Gasteiger partial charge in [0, 0.05) is 6.42 Å². The van der Waals surface area contributed by atoms with Gasteiger partial charge in [0.25, 0.3) is 0 Å². The highest BCUT2D eigenvalue weighted by Gasteiger charge is 2.21. The van der Waals surface area contributed by atoms with Gasteiger partial charge in [-0.2, -0.15) is 0 Å². The molecule has 0 aliphatic carbocycles. The Hall–Kier alpha value is -0.710. The Morgan fingerprint density at radius 2 is 1.75 bits per heavy atom. The van der Waals surface area contributed by atoms with Gasteiger partial charge in [-0.05, 0) is 24.5 Å². The van der Waals surface area contributed by atoms with E-state index in [0.717, 1.165) is 18.6 Å². The summed E-state index contributed by atoms with van der Waals surface area (Å²) in [5, 5.41) is 17.0. The molecular weight excluding hydrogens is 228 g/mol. The van der Waals surface area contributed by atoms with Crippen molar-refractivity contribution in [2.45, 2.75) is 44.8 Å². The van der Waals surface area contributed by atoms with Gasteiger partial charge in [-0.3, -0.25) is 9.59 Å². The molecule has 0 aromatic rings. The second-order valence-corrected chi connectivity index (χ2v) is 5.33. The maximum absolute atomic E-state index is 10.9. The minimum atomic E-state index is -0.766. The number of carbonyl (C=O) groups is 2. The number of thioether (sulfide) groups is 1. The fourth-order valence-corrected chi connectivity index (χ4v) is 2.47. The molecule has 0 rings (SSSR count). The summed E-state index contributed by atoms with van der Waals surface area (Å²) < 4.78 is 0. The van der Waals surface area contributed by atoms with Crippen molar-refractivity contribution in [2.75, 3.05) is 5.75 Å². The predicted molar refractivity (Wildman–Crippen MR) is 64.8 cm³/mol. The normalized spacial score (nSPS) is 12.7. The summed E-state index contributed by atoms with van der Waals surface area (Å²) in [4.78, 5) is 21.1. The second-order valence-electron chi connectivity index (χ2n) is 4.08. The van der Waals surface area contributed by atoms with Gasteiger partial charge in [-0.15, -0.1) is 11.8 Å². The van der Waals surface area contributed by atoms with Crippen molar-refractivity contribution in [1.29, 1.82) is 0 Å². The van der Waals surface area contributed by atoms with Crippen LogP contribution >= 0.6 is 11.8 Å². The van der Waals surface area contributed by atoms with E-state index >= 15 is 0 Å². The van der Waals surface area contributed by atoms with Gasteiger partial charge in [0.15, 0.2) is 0 Å². The minimum absolute atomic E-state index is 0.126. The third-order valence-electron chi connectivity index (χ3n) is 2.18. The van der Waals surface area contributed by atoms with Gasteiger partial charge >= 0.3 is 11.9 Å². The molecule has 1 atom stereocenters. The van der Waals surface area contributed by atoms with Gasteiger partial charge in [-0.1, -0.05) is 20.3 Å². The van der Waals surface area contributed by atoms with Gasteiger partial charge in [0.1, 0.15) is 5.25 Å². The SMILES string of the molecule is CC(C)C(SCCCCCC(=O)O)C(=O)O. The number of carboxylic acid groups (broad SMARTS) is 2. The van der Waals surface area contributed by atoms with E-state index in [0.29, 0.717) is 6.42 Å². The number of hydrogen-bond acceptors (Lipinski definition) is 3. The van der Waals surface area contributed by atoms with Gasteiger partial charge in [0.2, 0.25) is 0 Å². The van der Waals surface area contributed by atoms with E-state index in [4.69, 9.17) is 10.2 Å². The Morgan fingerprint density at radius 3 is 2.19 bits per heavy atom. The smallest absolute Gasteiger partial charge is 0.316 e. The molecule has 0 amide bonds. The van der Waals surface area contributed by atoms with Crippen molar-refractivity contribution in [3.8, 4) is 0 Å². The van der Waals surface area contributed by atoms with Gasteiger partial charge in [0.05, 0.1) is 0 Å². The van der Waals surface area contributed by atoms with Crippen LogP contribution in [0.1, 0.15) is 39.5 Å². The molecular formula is C11H20O4S. The molecule has 2 N–H and O–H groups in total. The number of aliphatic carboxylic acids is 2. The fraction of sp³-hybridized carbons (Fsp3) is 0.818. The first-order chi connectivity index (χ1) is 7.45. The van der Waals surface area contributed by atoms with Crippen LogP contribution in [0.5, 0.6) is 0 Å². The molecule has 16 heavy (non-hydrogen) atoms. The zero-order chi connectivity index (χ0) is 12.6. The summed E-state index contributed by atoms with van der Waals surface area (Å²) in [6.45, 7) is 3.80. The molecule has 5 heteroatoms. The Balaban J connectivity index is 3.56. The van der Waals surface area contributed by atoms with Crippen LogP contribution in [-0.2, 0) is 9.59 Å². The first-order valence-corrected chi connectivity index (χ1v) is 6.56. The molecule has 94 valence electrons. The molecule has 0 saturated carbocycles. The molecule has 0 bridgehead atoms. The average molecular weight is 248 g/mol.